The Labute approximate surface area is 176 Å². The summed E-state index contributed by atoms with van der Waals surface area (Å²) in [5.74, 6) is 0.868. The summed E-state index contributed by atoms with van der Waals surface area (Å²) in [6.07, 6.45) is 2.30. The number of nitrogens with zero attached hydrogens (tertiary/aromatic N) is 6. The molecule has 2 atom stereocenters. The number of likely N-dealkylation sites (tertiary alicyclic amines) is 1. The van der Waals surface area contributed by atoms with E-state index in [1.807, 2.05) is 40.1 Å². The molecule has 2 aliphatic heterocycles. The lowest BCUT2D eigenvalue weighted by Gasteiger charge is -2.39. The zero-order chi connectivity index (χ0) is 21.1. The molecule has 0 unspecified atom stereocenters. The van der Waals surface area contributed by atoms with Crippen LogP contribution in [0.1, 0.15) is 33.1 Å². The van der Waals surface area contributed by atoms with Gasteiger partial charge in [-0.05, 0) is 24.0 Å². The Morgan fingerprint density at radius 2 is 1.97 bits per heavy atom. The molecular formula is C21H28N6O3. The van der Waals surface area contributed by atoms with Crippen molar-refractivity contribution in [2.45, 2.75) is 51.7 Å². The van der Waals surface area contributed by atoms with Crippen molar-refractivity contribution >= 4 is 12.0 Å². The van der Waals surface area contributed by atoms with Gasteiger partial charge in [0.1, 0.15) is 13.2 Å². The number of carbonyl (C=O) groups excluding carboxylic acids is 2. The van der Waals surface area contributed by atoms with Crippen LogP contribution in [-0.2, 0) is 16.1 Å². The highest BCUT2D eigenvalue weighted by atomic mass is 16.6. The standard InChI is InChI=1S/C21H28N6O3/c1-3-15(2)18-14-30-21(29)27(18)17-9-11-25(12-10-17)19(28)13-26-23-20(22-24-26)16-7-5-4-6-8-16/h4-8,15,17-18H,3,9-14H2,1-2H3/t15-,18+/m0/s1. The fraction of sp³-hybridized carbons (Fsp3) is 0.571. The van der Waals surface area contributed by atoms with E-state index in [0.717, 1.165) is 24.8 Å². The van der Waals surface area contributed by atoms with Crippen molar-refractivity contribution in [3.8, 4) is 11.4 Å². The number of amides is 2. The van der Waals surface area contributed by atoms with E-state index in [4.69, 9.17) is 4.74 Å². The molecule has 2 saturated heterocycles. The van der Waals surface area contributed by atoms with Crippen LogP contribution in [0.3, 0.4) is 0 Å². The molecule has 0 bridgehead atoms. The number of hydrogen-bond donors (Lipinski definition) is 0. The summed E-state index contributed by atoms with van der Waals surface area (Å²) in [5, 5.41) is 12.4. The summed E-state index contributed by atoms with van der Waals surface area (Å²) in [6, 6.07) is 9.81. The van der Waals surface area contributed by atoms with Crippen LogP contribution in [-0.4, -0.2) is 73.8 Å². The highest BCUT2D eigenvalue weighted by Gasteiger charge is 2.41. The monoisotopic (exact) mass is 412 g/mol. The summed E-state index contributed by atoms with van der Waals surface area (Å²) < 4.78 is 5.33. The lowest BCUT2D eigenvalue weighted by atomic mass is 9.95. The topological polar surface area (TPSA) is 93.5 Å². The van der Waals surface area contributed by atoms with E-state index in [-0.39, 0.29) is 30.6 Å². The minimum atomic E-state index is -0.217. The molecule has 2 amide bonds. The number of piperidine rings is 1. The van der Waals surface area contributed by atoms with Gasteiger partial charge in [-0.25, -0.2) is 4.79 Å². The summed E-state index contributed by atoms with van der Waals surface area (Å²) in [4.78, 5) is 30.1. The van der Waals surface area contributed by atoms with Crippen molar-refractivity contribution in [2.24, 2.45) is 5.92 Å². The predicted octanol–water partition coefficient (Wildman–Crippen LogP) is 2.20. The van der Waals surface area contributed by atoms with Crippen LogP contribution < -0.4 is 0 Å². The quantitative estimate of drug-likeness (QED) is 0.722. The van der Waals surface area contributed by atoms with Gasteiger partial charge in [0.15, 0.2) is 0 Å². The Balaban J connectivity index is 1.33. The van der Waals surface area contributed by atoms with Crippen LogP contribution in [0.5, 0.6) is 0 Å². The second-order valence-electron chi connectivity index (χ2n) is 8.06. The van der Waals surface area contributed by atoms with Gasteiger partial charge in [0.2, 0.25) is 11.7 Å². The van der Waals surface area contributed by atoms with E-state index in [1.54, 1.807) is 0 Å². The first-order valence-electron chi connectivity index (χ1n) is 10.6. The first kappa shape index (κ1) is 20.3. The lowest BCUT2D eigenvalue weighted by molar-refractivity contribution is -0.133. The van der Waals surface area contributed by atoms with Gasteiger partial charge in [-0.1, -0.05) is 50.6 Å². The Hall–Kier alpha value is -2.97. The number of carbonyl (C=O) groups is 2. The maximum atomic E-state index is 12.7. The van der Waals surface area contributed by atoms with Crippen molar-refractivity contribution in [1.82, 2.24) is 30.0 Å². The molecule has 0 aliphatic carbocycles. The molecule has 0 N–H and O–H groups in total. The van der Waals surface area contributed by atoms with Crippen LogP contribution >= 0.6 is 0 Å². The minimum absolute atomic E-state index is 0.0343. The fourth-order valence-electron chi connectivity index (χ4n) is 4.20. The third-order valence-electron chi connectivity index (χ3n) is 6.22. The zero-order valence-corrected chi connectivity index (χ0v) is 17.5. The van der Waals surface area contributed by atoms with Gasteiger partial charge in [0.25, 0.3) is 0 Å². The van der Waals surface area contributed by atoms with Crippen LogP contribution in [0.15, 0.2) is 30.3 Å². The number of benzene rings is 1. The molecule has 1 aromatic heterocycles. The molecule has 30 heavy (non-hydrogen) atoms. The van der Waals surface area contributed by atoms with E-state index in [0.29, 0.717) is 31.4 Å². The van der Waals surface area contributed by atoms with Gasteiger partial charge in [-0.15, -0.1) is 10.2 Å². The summed E-state index contributed by atoms with van der Waals surface area (Å²) in [7, 11) is 0. The molecule has 0 saturated carbocycles. The van der Waals surface area contributed by atoms with Gasteiger partial charge in [-0.2, -0.15) is 4.80 Å². The highest BCUT2D eigenvalue weighted by Crippen LogP contribution is 2.28. The van der Waals surface area contributed by atoms with E-state index in [9.17, 15) is 9.59 Å². The number of rotatable bonds is 6. The molecule has 3 heterocycles. The Bertz CT molecular complexity index is 878. The smallest absolute Gasteiger partial charge is 0.410 e. The Morgan fingerprint density at radius 1 is 1.23 bits per heavy atom. The van der Waals surface area contributed by atoms with Crippen molar-refractivity contribution < 1.29 is 14.3 Å². The fourth-order valence-corrected chi connectivity index (χ4v) is 4.20. The van der Waals surface area contributed by atoms with Crippen LogP contribution in [0, 0.1) is 5.92 Å². The number of cyclic esters (lactones) is 1. The van der Waals surface area contributed by atoms with Gasteiger partial charge in [0, 0.05) is 24.7 Å². The molecule has 160 valence electrons. The van der Waals surface area contributed by atoms with Gasteiger partial charge >= 0.3 is 6.09 Å². The number of tetrazole rings is 1. The second kappa shape index (κ2) is 8.81. The molecule has 4 rings (SSSR count). The molecule has 2 fully saturated rings. The third kappa shape index (κ3) is 4.15. The van der Waals surface area contributed by atoms with Crippen molar-refractivity contribution in [1.29, 1.82) is 0 Å². The normalized spacial score (nSPS) is 21.0. The summed E-state index contributed by atoms with van der Waals surface area (Å²) >= 11 is 0. The average molecular weight is 412 g/mol. The zero-order valence-electron chi connectivity index (χ0n) is 17.5. The predicted molar refractivity (Wildman–Crippen MR) is 109 cm³/mol. The number of ether oxygens (including phenoxy) is 1. The average Bonchev–Trinajstić information content (AvgIpc) is 3.40. The minimum Gasteiger partial charge on any atom is -0.447 e. The van der Waals surface area contributed by atoms with Gasteiger partial charge < -0.3 is 9.64 Å². The van der Waals surface area contributed by atoms with Crippen LogP contribution in [0.2, 0.25) is 0 Å². The van der Waals surface area contributed by atoms with Crippen molar-refractivity contribution in [2.75, 3.05) is 19.7 Å². The van der Waals surface area contributed by atoms with Gasteiger partial charge in [0.05, 0.1) is 6.04 Å². The largest absolute Gasteiger partial charge is 0.447 e. The lowest BCUT2D eigenvalue weighted by Crippen LogP contribution is -2.51. The van der Waals surface area contributed by atoms with E-state index in [1.165, 1.54) is 4.80 Å². The highest BCUT2D eigenvalue weighted by molar-refractivity contribution is 5.76. The molecule has 9 nitrogen and oxygen atoms in total. The van der Waals surface area contributed by atoms with E-state index < -0.39 is 0 Å². The maximum Gasteiger partial charge on any atom is 0.410 e. The Kier molecular flexibility index (Phi) is 5.96. The summed E-state index contributed by atoms with van der Waals surface area (Å²) in [6.45, 7) is 6.04. The number of aromatic nitrogens is 4. The van der Waals surface area contributed by atoms with Crippen LogP contribution in [0.4, 0.5) is 4.79 Å². The molecule has 1 aromatic carbocycles. The molecule has 2 aliphatic rings. The molecular weight excluding hydrogens is 384 g/mol. The maximum absolute atomic E-state index is 12.7. The van der Waals surface area contributed by atoms with Gasteiger partial charge in [-0.3, -0.25) is 9.69 Å². The first-order valence-corrected chi connectivity index (χ1v) is 10.6. The SMILES string of the molecule is CC[C@H](C)[C@H]1COC(=O)N1C1CCN(C(=O)Cn2nnc(-c3ccccc3)n2)CC1. The Morgan fingerprint density at radius 3 is 2.67 bits per heavy atom. The number of hydrogen-bond acceptors (Lipinski definition) is 6. The molecule has 2 aromatic rings. The van der Waals surface area contributed by atoms with E-state index >= 15 is 0 Å². The first-order chi connectivity index (χ1) is 14.6. The van der Waals surface area contributed by atoms with Crippen molar-refractivity contribution in [3.63, 3.8) is 0 Å². The molecule has 0 radical (unpaired) electrons. The second-order valence-corrected chi connectivity index (χ2v) is 8.06. The third-order valence-corrected chi connectivity index (χ3v) is 6.22. The van der Waals surface area contributed by atoms with E-state index in [2.05, 4.69) is 29.3 Å². The van der Waals surface area contributed by atoms with Crippen LogP contribution in [0.25, 0.3) is 11.4 Å². The molecule has 9 heteroatoms. The van der Waals surface area contributed by atoms with Crippen molar-refractivity contribution in [3.05, 3.63) is 30.3 Å². The molecule has 0 spiro atoms. The summed E-state index contributed by atoms with van der Waals surface area (Å²) in [5.41, 5.74) is 0.866.